The number of rotatable bonds is 2. The normalized spacial score (nSPS) is 15.9. The second-order valence-corrected chi connectivity index (χ2v) is 6.19. The molecule has 0 amide bonds. The molecule has 1 aromatic carbocycles. The van der Waals surface area contributed by atoms with Gasteiger partial charge in [-0.05, 0) is 29.3 Å². The van der Waals surface area contributed by atoms with Crippen molar-refractivity contribution in [3.8, 4) is 0 Å². The molecule has 1 aliphatic rings. The summed E-state index contributed by atoms with van der Waals surface area (Å²) >= 11 is 5.81. The Morgan fingerprint density at radius 1 is 1.24 bits per heavy atom. The molecule has 0 radical (unpaired) electrons. The van der Waals surface area contributed by atoms with Crippen LogP contribution in [0.1, 0.15) is 5.56 Å². The van der Waals surface area contributed by atoms with Crippen molar-refractivity contribution in [2.75, 3.05) is 12.8 Å². The minimum absolute atomic E-state index is 0.368. The molecule has 1 aliphatic heterocycles. The standard InChI is InChI=1S/C12H12ClNO2S/c1-17(15,16)14-8-6-11(7-9-14)10-2-4-12(13)5-3-10/h2-8H,9H2,1H3. The SMILES string of the molecule is CS(=O)(=O)N1C=CC(c2ccc(Cl)cc2)=CC1. The van der Waals surface area contributed by atoms with Gasteiger partial charge in [-0.1, -0.05) is 29.8 Å². The third-order valence-electron chi connectivity index (χ3n) is 2.52. The number of hydrogen-bond acceptors (Lipinski definition) is 2. The van der Waals surface area contributed by atoms with Crippen LogP contribution in [0, 0.1) is 0 Å². The highest BCUT2D eigenvalue weighted by Gasteiger charge is 2.14. The molecule has 0 aromatic heterocycles. The van der Waals surface area contributed by atoms with E-state index in [1.165, 1.54) is 10.6 Å². The van der Waals surface area contributed by atoms with E-state index in [9.17, 15) is 8.42 Å². The first-order chi connectivity index (χ1) is 7.97. The average molecular weight is 270 g/mol. The van der Waals surface area contributed by atoms with E-state index < -0.39 is 10.0 Å². The van der Waals surface area contributed by atoms with E-state index in [0.717, 1.165) is 11.1 Å². The molecule has 0 aliphatic carbocycles. The lowest BCUT2D eigenvalue weighted by molar-refractivity contribution is 0.527. The predicted octanol–water partition coefficient (Wildman–Crippen LogP) is 2.51. The predicted molar refractivity (Wildman–Crippen MR) is 70.1 cm³/mol. The van der Waals surface area contributed by atoms with Gasteiger partial charge in [-0.3, -0.25) is 4.31 Å². The first-order valence-electron chi connectivity index (χ1n) is 5.08. The van der Waals surface area contributed by atoms with Crippen molar-refractivity contribution in [1.29, 1.82) is 0 Å². The lowest BCUT2D eigenvalue weighted by atomic mass is 10.0. The molecule has 2 rings (SSSR count). The Morgan fingerprint density at radius 2 is 1.88 bits per heavy atom. The Kier molecular flexibility index (Phi) is 3.26. The van der Waals surface area contributed by atoms with E-state index in [4.69, 9.17) is 11.6 Å². The summed E-state index contributed by atoms with van der Waals surface area (Å²) in [5.41, 5.74) is 2.03. The minimum atomic E-state index is -3.16. The van der Waals surface area contributed by atoms with Gasteiger partial charge in [0, 0.05) is 11.2 Å². The number of sulfonamides is 1. The lowest BCUT2D eigenvalue weighted by Crippen LogP contribution is -2.26. The van der Waals surface area contributed by atoms with E-state index in [0.29, 0.717) is 11.6 Å². The monoisotopic (exact) mass is 269 g/mol. The first-order valence-corrected chi connectivity index (χ1v) is 7.30. The molecule has 0 N–H and O–H groups in total. The van der Waals surface area contributed by atoms with Crippen LogP contribution in [0.2, 0.25) is 5.02 Å². The zero-order valence-electron chi connectivity index (χ0n) is 9.30. The maximum atomic E-state index is 11.3. The Hall–Kier alpha value is -1.26. The van der Waals surface area contributed by atoms with Gasteiger partial charge in [0.25, 0.3) is 0 Å². The molecule has 3 nitrogen and oxygen atoms in total. The smallest absolute Gasteiger partial charge is 0.232 e. The van der Waals surface area contributed by atoms with Crippen LogP contribution in [0.15, 0.2) is 42.6 Å². The summed E-state index contributed by atoms with van der Waals surface area (Å²) in [4.78, 5) is 0. The van der Waals surface area contributed by atoms with E-state index in [2.05, 4.69) is 0 Å². The topological polar surface area (TPSA) is 37.4 Å². The van der Waals surface area contributed by atoms with Gasteiger partial charge in [0.1, 0.15) is 0 Å². The van der Waals surface area contributed by atoms with E-state index in [1.54, 1.807) is 12.3 Å². The summed E-state index contributed by atoms with van der Waals surface area (Å²) in [5, 5.41) is 0.687. The summed E-state index contributed by atoms with van der Waals surface area (Å²) < 4.78 is 23.9. The van der Waals surface area contributed by atoms with Crippen LogP contribution < -0.4 is 0 Å². The molecule has 5 heteroatoms. The summed E-state index contributed by atoms with van der Waals surface area (Å²) in [6, 6.07) is 7.45. The van der Waals surface area contributed by atoms with E-state index in [-0.39, 0.29) is 0 Å². The Labute approximate surface area is 106 Å². The van der Waals surface area contributed by atoms with Crippen LogP contribution in [0.4, 0.5) is 0 Å². The van der Waals surface area contributed by atoms with Crippen LogP contribution in [0.5, 0.6) is 0 Å². The van der Waals surface area contributed by atoms with E-state index >= 15 is 0 Å². The van der Waals surface area contributed by atoms with Crippen molar-refractivity contribution < 1.29 is 8.42 Å². The van der Waals surface area contributed by atoms with Gasteiger partial charge < -0.3 is 0 Å². The van der Waals surface area contributed by atoms with Gasteiger partial charge in [0.2, 0.25) is 10.0 Å². The number of halogens is 1. The largest absolute Gasteiger partial charge is 0.274 e. The van der Waals surface area contributed by atoms with Gasteiger partial charge in [-0.2, -0.15) is 0 Å². The molecule has 0 saturated heterocycles. The molecule has 90 valence electrons. The molecule has 1 heterocycles. The van der Waals surface area contributed by atoms with Crippen molar-refractivity contribution in [3.63, 3.8) is 0 Å². The quantitative estimate of drug-likeness (QED) is 0.827. The minimum Gasteiger partial charge on any atom is -0.274 e. The summed E-state index contributed by atoms with van der Waals surface area (Å²) in [6.07, 6.45) is 6.44. The summed E-state index contributed by atoms with van der Waals surface area (Å²) in [7, 11) is -3.16. The molecule has 0 saturated carbocycles. The lowest BCUT2D eigenvalue weighted by Gasteiger charge is -2.20. The Morgan fingerprint density at radius 3 is 2.35 bits per heavy atom. The fourth-order valence-electron chi connectivity index (χ4n) is 1.58. The van der Waals surface area contributed by atoms with Crippen molar-refractivity contribution in [2.24, 2.45) is 0 Å². The van der Waals surface area contributed by atoms with Crippen LogP contribution >= 0.6 is 11.6 Å². The maximum Gasteiger partial charge on any atom is 0.232 e. The highest BCUT2D eigenvalue weighted by Crippen LogP contribution is 2.22. The molecule has 0 unspecified atom stereocenters. The van der Waals surface area contributed by atoms with E-state index in [1.807, 2.05) is 30.3 Å². The number of hydrogen-bond donors (Lipinski definition) is 0. The molecule has 17 heavy (non-hydrogen) atoms. The Bertz CT molecular complexity index is 573. The van der Waals surface area contributed by atoms with Crippen LogP contribution in [0.25, 0.3) is 5.57 Å². The van der Waals surface area contributed by atoms with Gasteiger partial charge in [0.05, 0.1) is 12.8 Å². The second kappa shape index (κ2) is 4.55. The molecule has 0 bridgehead atoms. The third-order valence-corrected chi connectivity index (χ3v) is 3.89. The summed E-state index contributed by atoms with van der Waals surface area (Å²) in [6.45, 7) is 0.368. The highest BCUT2D eigenvalue weighted by molar-refractivity contribution is 7.88. The molecule has 0 atom stereocenters. The fourth-order valence-corrected chi connectivity index (χ4v) is 2.34. The average Bonchev–Trinajstić information content (AvgIpc) is 2.29. The van der Waals surface area contributed by atoms with Crippen molar-refractivity contribution >= 4 is 27.2 Å². The van der Waals surface area contributed by atoms with Crippen molar-refractivity contribution in [3.05, 3.63) is 53.2 Å². The van der Waals surface area contributed by atoms with Gasteiger partial charge in [-0.25, -0.2) is 8.42 Å². The van der Waals surface area contributed by atoms with Crippen molar-refractivity contribution in [1.82, 2.24) is 4.31 Å². The molecular formula is C12H12ClNO2S. The zero-order valence-corrected chi connectivity index (χ0v) is 10.9. The molecular weight excluding hydrogens is 258 g/mol. The van der Waals surface area contributed by atoms with Gasteiger partial charge in [0.15, 0.2) is 0 Å². The second-order valence-electron chi connectivity index (χ2n) is 3.81. The number of allylic oxidation sites excluding steroid dienone is 2. The van der Waals surface area contributed by atoms with Crippen LogP contribution in [0.3, 0.4) is 0 Å². The van der Waals surface area contributed by atoms with Crippen molar-refractivity contribution in [2.45, 2.75) is 0 Å². The molecule has 0 spiro atoms. The molecule has 1 aromatic rings. The maximum absolute atomic E-state index is 11.3. The first kappa shape index (κ1) is 12.2. The fraction of sp³-hybridized carbons (Fsp3) is 0.167. The van der Waals surface area contributed by atoms with Crippen LogP contribution in [-0.2, 0) is 10.0 Å². The highest BCUT2D eigenvalue weighted by atomic mass is 35.5. The van der Waals surface area contributed by atoms with Crippen LogP contribution in [-0.4, -0.2) is 25.5 Å². The van der Waals surface area contributed by atoms with Gasteiger partial charge >= 0.3 is 0 Å². The third kappa shape index (κ3) is 2.90. The summed E-state index contributed by atoms with van der Waals surface area (Å²) in [5.74, 6) is 0. The number of benzene rings is 1. The molecule has 0 fully saturated rings. The van der Waals surface area contributed by atoms with Gasteiger partial charge in [-0.15, -0.1) is 0 Å². The number of nitrogens with zero attached hydrogens (tertiary/aromatic N) is 1. The zero-order chi connectivity index (χ0) is 12.5. The Balaban J connectivity index is 2.20.